The molecular formula is C24H29ClF2N2O4S. The lowest BCUT2D eigenvalue weighted by Crippen LogP contribution is -2.51. The highest BCUT2D eigenvalue weighted by Crippen LogP contribution is 2.37. The van der Waals surface area contributed by atoms with Crippen LogP contribution in [0.3, 0.4) is 0 Å². The Hall–Kier alpha value is -2.23. The fourth-order valence-corrected chi connectivity index (χ4v) is 6.23. The molecule has 0 spiro atoms. The van der Waals surface area contributed by atoms with Gasteiger partial charge in [-0.3, -0.25) is 4.90 Å². The van der Waals surface area contributed by atoms with Gasteiger partial charge < -0.3 is 9.64 Å². The van der Waals surface area contributed by atoms with E-state index in [-0.39, 0.29) is 17.1 Å². The molecule has 0 unspecified atom stereocenters. The highest BCUT2D eigenvalue weighted by Gasteiger charge is 2.37. The summed E-state index contributed by atoms with van der Waals surface area (Å²) in [6.45, 7) is 7.84. The molecule has 0 radical (unpaired) electrons. The van der Waals surface area contributed by atoms with Gasteiger partial charge in [-0.1, -0.05) is 18.5 Å². The number of ether oxygens (including phenoxy) is 1. The Kier molecular flexibility index (Phi) is 8.54. The van der Waals surface area contributed by atoms with Crippen LogP contribution in [0, 0.1) is 17.6 Å². The lowest BCUT2D eigenvalue weighted by atomic mass is 10.0. The van der Waals surface area contributed by atoms with Gasteiger partial charge >= 0.3 is 6.09 Å². The SMILES string of the molecule is CC(C)N1CCN(C(=O)OC[C@@H](C)[C@@H](c2cc(F)ccc2F)S(=O)(=O)c2ccc(Cl)cc2)CC1. The van der Waals surface area contributed by atoms with Crippen LogP contribution >= 0.6 is 11.6 Å². The maximum absolute atomic E-state index is 14.7. The van der Waals surface area contributed by atoms with Crippen LogP contribution in [0.2, 0.25) is 5.02 Å². The number of halogens is 3. The molecule has 2 atom stereocenters. The number of piperazine rings is 1. The number of sulfone groups is 1. The Balaban J connectivity index is 1.82. The van der Waals surface area contributed by atoms with Crippen molar-refractivity contribution in [2.24, 2.45) is 5.92 Å². The third-order valence-corrected chi connectivity index (χ3v) is 8.60. The van der Waals surface area contributed by atoms with Crippen LogP contribution in [-0.2, 0) is 14.6 Å². The first-order valence-electron chi connectivity index (χ1n) is 11.1. The van der Waals surface area contributed by atoms with Crippen molar-refractivity contribution in [1.82, 2.24) is 9.80 Å². The maximum atomic E-state index is 14.7. The molecule has 1 aliphatic heterocycles. The minimum Gasteiger partial charge on any atom is -0.449 e. The molecule has 1 fully saturated rings. The summed E-state index contributed by atoms with van der Waals surface area (Å²) in [5, 5.41) is -1.14. The third kappa shape index (κ3) is 6.06. The molecule has 2 aromatic rings. The summed E-state index contributed by atoms with van der Waals surface area (Å²) in [5.41, 5.74) is -0.316. The highest BCUT2D eigenvalue weighted by atomic mass is 35.5. The summed E-state index contributed by atoms with van der Waals surface area (Å²) in [4.78, 5) is 16.3. The standard InChI is InChI=1S/C24H29ClF2N2O4S/c1-16(2)28-10-12-29(13-11-28)24(30)33-15-17(3)23(21-14-19(26)6-9-22(21)27)34(31,32)20-7-4-18(25)5-8-20/h4-9,14,16-17,23H,10-13,15H2,1-3H3/t17-,23+/m1/s1. The summed E-state index contributed by atoms with van der Waals surface area (Å²) in [6.07, 6.45) is -0.558. The van der Waals surface area contributed by atoms with Gasteiger partial charge in [-0.15, -0.1) is 0 Å². The summed E-state index contributed by atoms with van der Waals surface area (Å²) < 4.78 is 61.1. The van der Waals surface area contributed by atoms with Crippen LogP contribution < -0.4 is 0 Å². The Labute approximate surface area is 204 Å². The average molecular weight is 515 g/mol. The van der Waals surface area contributed by atoms with Crippen LogP contribution in [0.25, 0.3) is 0 Å². The molecule has 3 rings (SSSR count). The summed E-state index contributed by atoms with van der Waals surface area (Å²) in [7, 11) is -4.18. The number of carbonyl (C=O) groups excluding carboxylic acids is 1. The molecule has 2 aromatic carbocycles. The van der Waals surface area contributed by atoms with Crippen molar-refractivity contribution in [2.45, 2.75) is 37.0 Å². The predicted molar refractivity (Wildman–Crippen MR) is 127 cm³/mol. The van der Waals surface area contributed by atoms with E-state index in [1.807, 2.05) is 0 Å². The fraction of sp³-hybridized carbons (Fsp3) is 0.458. The zero-order valence-corrected chi connectivity index (χ0v) is 21.0. The second kappa shape index (κ2) is 11.0. The molecule has 1 aliphatic rings. The molecule has 34 heavy (non-hydrogen) atoms. The number of hydrogen-bond donors (Lipinski definition) is 0. The van der Waals surface area contributed by atoms with E-state index in [1.54, 1.807) is 4.90 Å². The maximum Gasteiger partial charge on any atom is 0.409 e. The molecule has 0 N–H and O–H groups in total. The van der Waals surface area contributed by atoms with Crippen LogP contribution in [0.1, 0.15) is 31.6 Å². The molecule has 10 heteroatoms. The monoisotopic (exact) mass is 514 g/mol. The van der Waals surface area contributed by atoms with Gasteiger partial charge in [0.2, 0.25) is 0 Å². The Bertz CT molecular complexity index is 1100. The lowest BCUT2D eigenvalue weighted by molar-refractivity contribution is 0.0602. The van der Waals surface area contributed by atoms with Crippen molar-refractivity contribution >= 4 is 27.5 Å². The molecule has 0 aromatic heterocycles. The van der Waals surface area contributed by atoms with Crippen LogP contribution in [0.5, 0.6) is 0 Å². The van der Waals surface area contributed by atoms with Crippen LogP contribution in [-0.4, -0.2) is 63.1 Å². The first-order chi connectivity index (χ1) is 16.0. The van der Waals surface area contributed by atoms with Gasteiger partial charge in [-0.05, 0) is 56.3 Å². The Morgan fingerprint density at radius 1 is 1.03 bits per heavy atom. The Morgan fingerprint density at radius 2 is 1.65 bits per heavy atom. The zero-order chi connectivity index (χ0) is 25.0. The third-order valence-electron chi connectivity index (χ3n) is 6.03. The van der Waals surface area contributed by atoms with E-state index in [4.69, 9.17) is 16.3 Å². The molecular weight excluding hydrogens is 486 g/mol. The number of hydrogen-bond acceptors (Lipinski definition) is 5. The van der Waals surface area contributed by atoms with Gasteiger partial charge in [0, 0.05) is 48.7 Å². The van der Waals surface area contributed by atoms with Gasteiger partial charge in [0.25, 0.3) is 0 Å². The van der Waals surface area contributed by atoms with Crippen molar-refractivity contribution in [3.8, 4) is 0 Å². The number of benzene rings is 2. The van der Waals surface area contributed by atoms with E-state index < -0.39 is 38.7 Å². The molecule has 1 amide bonds. The normalized spacial score (nSPS) is 17.0. The molecule has 186 valence electrons. The molecule has 1 saturated heterocycles. The van der Waals surface area contributed by atoms with E-state index in [9.17, 15) is 22.0 Å². The summed E-state index contributed by atoms with van der Waals surface area (Å²) in [6, 6.07) is 8.51. The van der Waals surface area contributed by atoms with E-state index in [2.05, 4.69) is 18.7 Å². The van der Waals surface area contributed by atoms with Crippen molar-refractivity contribution in [1.29, 1.82) is 0 Å². The van der Waals surface area contributed by atoms with Crippen molar-refractivity contribution < 1.29 is 26.7 Å². The second-order valence-electron chi connectivity index (χ2n) is 8.76. The molecule has 0 saturated carbocycles. The van der Waals surface area contributed by atoms with Gasteiger partial charge in [0.1, 0.15) is 11.6 Å². The highest BCUT2D eigenvalue weighted by molar-refractivity contribution is 7.91. The van der Waals surface area contributed by atoms with E-state index >= 15 is 0 Å². The van der Waals surface area contributed by atoms with E-state index in [0.717, 1.165) is 18.2 Å². The number of amides is 1. The smallest absolute Gasteiger partial charge is 0.409 e. The van der Waals surface area contributed by atoms with Crippen LogP contribution in [0.4, 0.5) is 13.6 Å². The molecule has 1 heterocycles. The van der Waals surface area contributed by atoms with Gasteiger partial charge in [0.05, 0.1) is 16.8 Å². The first kappa shape index (κ1) is 26.4. The van der Waals surface area contributed by atoms with E-state index in [1.165, 1.54) is 31.2 Å². The lowest BCUT2D eigenvalue weighted by Gasteiger charge is -2.36. The van der Waals surface area contributed by atoms with Crippen molar-refractivity contribution in [3.63, 3.8) is 0 Å². The molecule has 0 aliphatic carbocycles. The van der Waals surface area contributed by atoms with Gasteiger partial charge in [-0.25, -0.2) is 22.0 Å². The van der Waals surface area contributed by atoms with Crippen molar-refractivity contribution in [2.75, 3.05) is 32.8 Å². The summed E-state index contributed by atoms with van der Waals surface area (Å²) in [5.74, 6) is -2.48. The summed E-state index contributed by atoms with van der Waals surface area (Å²) >= 11 is 5.88. The second-order valence-corrected chi connectivity index (χ2v) is 11.3. The Morgan fingerprint density at radius 3 is 2.24 bits per heavy atom. The number of nitrogens with zero attached hydrogens (tertiary/aromatic N) is 2. The predicted octanol–water partition coefficient (Wildman–Crippen LogP) is 4.93. The topological polar surface area (TPSA) is 66.9 Å². The minimum atomic E-state index is -4.18. The molecule has 6 nitrogen and oxygen atoms in total. The van der Waals surface area contributed by atoms with Gasteiger partial charge in [0.15, 0.2) is 9.84 Å². The van der Waals surface area contributed by atoms with Crippen LogP contribution in [0.15, 0.2) is 47.4 Å². The molecule has 0 bridgehead atoms. The first-order valence-corrected chi connectivity index (χ1v) is 13.0. The fourth-order valence-electron chi connectivity index (χ4n) is 4.09. The largest absolute Gasteiger partial charge is 0.449 e. The average Bonchev–Trinajstić information content (AvgIpc) is 2.80. The quantitative estimate of drug-likeness (QED) is 0.524. The number of carbonyl (C=O) groups is 1. The zero-order valence-electron chi connectivity index (χ0n) is 19.4. The van der Waals surface area contributed by atoms with Crippen molar-refractivity contribution in [3.05, 3.63) is 64.7 Å². The minimum absolute atomic E-state index is 0.0893. The van der Waals surface area contributed by atoms with E-state index in [0.29, 0.717) is 37.2 Å². The van der Waals surface area contributed by atoms with Gasteiger partial charge in [-0.2, -0.15) is 0 Å². The number of rotatable bonds is 7.